The van der Waals surface area contributed by atoms with Crippen molar-refractivity contribution >= 4 is 22.5 Å². The molecule has 1 amide bonds. The Morgan fingerprint density at radius 2 is 2.03 bits per heavy atom. The smallest absolute Gasteiger partial charge is 0.229 e. The maximum atomic E-state index is 13.0. The van der Waals surface area contributed by atoms with Gasteiger partial charge in [0.25, 0.3) is 0 Å². The highest BCUT2D eigenvalue weighted by Crippen LogP contribution is 2.36. The van der Waals surface area contributed by atoms with Gasteiger partial charge in [0.2, 0.25) is 5.91 Å². The summed E-state index contributed by atoms with van der Waals surface area (Å²) in [6.45, 7) is 0.432. The fourth-order valence-corrected chi connectivity index (χ4v) is 4.55. The van der Waals surface area contributed by atoms with E-state index in [0.717, 1.165) is 41.7 Å². The number of aromatic nitrogens is 1. The van der Waals surface area contributed by atoms with Crippen LogP contribution in [0, 0.1) is 5.82 Å². The van der Waals surface area contributed by atoms with E-state index in [1.165, 1.54) is 23.1 Å². The summed E-state index contributed by atoms with van der Waals surface area (Å²) in [5.41, 5.74) is 5.34. The molecule has 6 heteroatoms. The molecule has 5 nitrogen and oxygen atoms in total. The molecular formula is C24H24FN3O2. The molecular weight excluding hydrogens is 381 g/mol. The summed E-state index contributed by atoms with van der Waals surface area (Å²) in [7, 11) is 0. The van der Waals surface area contributed by atoms with Crippen LogP contribution in [-0.4, -0.2) is 29.3 Å². The van der Waals surface area contributed by atoms with Crippen molar-refractivity contribution in [1.29, 1.82) is 0 Å². The predicted molar refractivity (Wildman–Crippen MR) is 114 cm³/mol. The largest absolute Gasteiger partial charge is 0.390 e. The molecule has 30 heavy (non-hydrogen) atoms. The van der Waals surface area contributed by atoms with Crippen molar-refractivity contribution < 1.29 is 14.0 Å². The van der Waals surface area contributed by atoms with Gasteiger partial charge in [-0.05, 0) is 48.6 Å². The zero-order valence-electron chi connectivity index (χ0n) is 16.7. The Morgan fingerprint density at radius 3 is 2.90 bits per heavy atom. The van der Waals surface area contributed by atoms with Crippen LogP contribution in [0.2, 0.25) is 0 Å². The Balaban J connectivity index is 1.18. The third-order valence-electron chi connectivity index (χ3n) is 6.05. The first-order valence-electron chi connectivity index (χ1n) is 10.5. The molecule has 1 aliphatic carbocycles. The van der Waals surface area contributed by atoms with Crippen molar-refractivity contribution in [1.82, 2.24) is 10.3 Å². The molecule has 0 fully saturated rings. The summed E-state index contributed by atoms with van der Waals surface area (Å²) in [5.74, 6) is -0.356. The molecule has 0 unspecified atom stereocenters. The van der Waals surface area contributed by atoms with Crippen LogP contribution in [-0.2, 0) is 22.5 Å². The number of amides is 1. The average molecular weight is 405 g/mol. The minimum Gasteiger partial charge on any atom is -0.390 e. The summed E-state index contributed by atoms with van der Waals surface area (Å²) in [6.07, 6.45) is 4.01. The van der Waals surface area contributed by atoms with Crippen LogP contribution in [0.4, 0.5) is 4.39 Å². The van der Waals surface area contributed by atoms with Crippen molar-refractivity contribution in [3.63, 3.8) is 0 Å². The van der Waals surface area contributed by atoms with Gasteiger partial charge in [-0.1, -0.05) is 35.5 Å². The third kappa shape index (κ3) is 3.70. The lowest BCUT2D eigenvalue weighted by molar-refractivity contribution is -0.123. The Kier molecular flexibility index (Phi) is 4.99. The van der Waals surface area contributed by atoms with E-state index in [2.05, 4.69) is 27.6 Å². The summed E-state index contributed by atoms with van der Waals surface area (Å²) >= 11 is 0. The number of oxime groups is 1. The van der Waals surface area contributed by atoms with Crippen LogP contribution < -0.4 is 5.32 Å². The van der Waals surface area contributed by atoms with E-state index in [1.807, 2.05) is 12.1 Å². The number of nitrogens with one attached hydrogen (secondary N) is 2. The molecule has 2 N–H and O–H groups in total. The van der Waals surface area contributed by atoms with Gasteiger partial charge in [-0.15, -0.1) is 0 Å². The number of halogens is 1. The molecule has 0 saturated heterocycles. The number of nitrogens with zero attached hydrogens (tertiary/aromatic N) is 1. The second-order valence-corrected chi connectivity index (χ2v) is 8.15. The molecule has 3 aromatic rings. The number of aromatic amines is 1. The Morgan fingerprint density at radius 1 is 1.20 bits per heavy atom. The Bertz CT molecular complexity index is 1100. The highest BCUT2D eigenvalue weighted by molar-refractivity contribution is 5.91. The summed E-state index contributed by atoms with van der Waals surface area (Å²) < 4.78 is 13.0. The van der Waals surface area contributed by atoms with Crippen LogP contribution >= 0.6 is 0 Å². The van der Waals surface area contributed by atoms with Gasteiger partial charge in [-0.2, -0.15) is 0 Å². The number of para-hydroxylation sites is 1. The molecule has 1 aliphatic heterocycles. The first-order valence-corrected chi connectivity index (χ1v) is 10.5. The first-order chi connectivity index (χ1) is 14.7. The number of carbonyl (C=O) groups is 1. The molecule has 2 atom stereocenters. The van der Waals surface area contributed by atoms with Gasteiger partial charge in [-0.25, -0.2) is 4.39 Å². The highest BCUT2D eigenvalue weighted by atomic mass is 19.1. The number of hydrogen-bond donors (Lipinski definition) is 2. The number of rotatable bonds is 5. The first kappa shape index (κ1) is 18.9. The van der Waals surface area contributed by atoms with Crippen LogP contribution in [0.15, 0.2) is 53.7 Å². The minimum absolute atomic E-state index is 0.0399. The van der Waals surface area contributed by atoms with Crippen molar-refractivity contribution in [3.05, 3.63) is 71.2 Å². The van der Waals surface area contributed by atoms with Crippen molar-refractivity contribution in [2.24, 2.45) is 5.16 Å². The standard InChI is InChI=1S/C24H24FN3O2/c25-16-10-8-15(9-11-16)12-17-13-18(30-28-17)14-26-24(29)21-6-3-5-20-19-4-1-2-7-22(19)27-23(20)21/h1-2,4,7-11,18,21,27H,3,5-6,12-14H2,(H,26,29)/t18-,21-/m1/s1. The Hall–Kier alpha value is -3.15. The van der Waals surface area contributed by atoms with Crippen LogP contribution in [0.25, 0.3) is 10.9 Å². The summed E-state index contributed by atoms with van der Waals surface area (Å²) in [6, 6.07) is 14.7. The summed E-state index contributed by atoms with van der Waals surface area (Å²) in [4.78, 5) is 21.9. The van der Waals surface area contributed by atoms with E-state index in [0.29, 0.717) is 19.4 Å². The quantitative estimate of drug-likeness (QED) is 0.667. The second kappa shape index (κ2) is 7.94. The van der Waals surface area contributed by atoms with Gasteiger partial charge in [0, 0.05) is 29.4 Å². The molecule has 0 saturated carbocycles. The van der Waals surface area contributed by atoms with Gasteiger partial charge in [0.15, 0.2) is 0 Å². The highest BCUT2D eigenvalue weighted by Gasteiger charge is 2.30. The molecule has 0 spiro atoms. The predicted octanol–water partition coefficient (Wildman–Crippen LogP) is 4.23. The molecule has 0 bridgehead atoms. The zero-order chi connectivity index (χ0) is 20.5. The molecule has 2 heterocycles. The van der Waals surface area contributed by atoms with E-state index < -0.39 is 0 Å². The van der Waals surface area contributed by atoms with Crippen molar-refractivity contribution in [2.45, 2.75) is 44.1 Å². The third-order valence-corrected chi connectivity index (χ3v) is 6.05. The molecule has 1 aromatic heterocycles. The lowest BCUT2D eigenvalue weighted by atomic mass is 9.86. The number of carbonyl (C=O) groups excluding carboxylic acids is 1. The second-order valence-electron chi connectivity index (χ2n) is 8.15. The topological polar surface area (TPSA) is 66.5 Å². The van der Waals surface area contributed by atoms with Crippen LogP contribution in [0.5, 0.6) is 0 Å². The van der Waals surface area contributed by atoms with Gasteiger partial charge < -0.3 is 15.1 Å². The van der Waals surface area contributed by atoms with E-state index in [9.17, 15) is 9.18 Å². The number of H-pyrrole nitrogens is 1. The number of fused-ring (bicyclic) bond motifs is 3. The van der Waals surface area contributed by atoms with Gasteiger partial charge >= 0.3 is 0 Å². The normalized spacial score (nSPS) is 20.5. The average Bonchev–Trinajstić information content (AvgIpc) is 3.37. The number of hydrogen-bond acceptors (Lipinski definition) is 3. The molecule has 2 aliphatic rings. The van der Waals surface area contributed by atoms with Gasteiger partial charge in [-0.3, -0.25) is 4.79 Å². The van der Waals surface area contributed by atoms with E-state index in [1.54, 1.807) is 12.1 Å². The Labute approximate surface area is 174 Å². The zero-order valence-corrected chi connectivity index (χ0v) is 16.7. The van der Waals surface area contributed by atoms with Crippen LogP contribution in [0.3, 0.4) is 0 Å². The minimum atomic E-state index is -0.246. The number of aryl methyl sites for hydroxylation is 1. The maximum absolute atomic E-state index is 13.0. The van der Waals surface area contributed by atoms with Crippen LogP contribution in [0.1, 0.15) is 42.0 Å². The maximum Gasteiger partial charge on any atom is 0.229 e. The summed E-state index contributed by atoms with van der Waals surface area (Å²) in [5, 5.41) is 8.45. The van der Waals surface area contributed by atoms with E-state index in [4.69, 9.17) is 4.84 Å². The molecule has 2 aromatic carbocycles. The molecule has 5 rings (SSSR count). The van der Waals surface area contributed by atoms with Gasteiger partial charge in [0.1, 0.15) is 11.9 Å². The lowest BCUT2D eigenvalue weighted by Gasteiger charge is -2.22. The fourth-order valence-electron chi connectivity index (χ4n) is 4.55. The SMILES string of the molecule is O=C(NC[C@H]1CC(Cc2ccc(F)cc2)=NO1)[C@@H]1CCCc2c1[nH]c1ccccc21. The number of benzene rings is 2. The molecule has 0 radical (unpaired) electrons. The molecule has 154 valence electrons. The van der Waals surface area contributed by atoms with Crippen molar-refractivity contribution in [3.8, 4) is 0 Å². The van der Waals surface area contributed by atoms with E-state index in [-0.39, 0.29) is 23.7 Å². The van der Waals surface area contributed by atoms with Gasteiger partial charge in [0.05, 0.1) is 18.2 Å². The van der Waals surface area contributed by atoms with Crippen molar-refractivity contribution in [2.75, 3.05) is 6.54 Å². The fraction of sp³-hybridized carbons (Fsp3) is 0.333. The van der Waals surface area contributed by atoms with E-state index >= 15 is 0 Å². The monoisotopic (exact) mass is 405 g/mol. The lowest BCUT2D eigenvalue weighted by Crippen LogP contribution is -2.36.